The molecule has 0 amide bonds. The van der Waals surface area contributed by atoms with Crippen molar-refractivity contribution in [2.45, 2.75) is 33.7 Å². The van der Waals surface area contributed by atoms with Crippen molar-refractivity contribution < 1.29 is 21.1 Å². The molecule has 1 aliphatic rings. The van der Waals surface area contributed by atoms with Crippen LogP contribution in [-0.4, -0.2) is 22.3 Å². The molecule has 0 aliphatic carbocycles. The van der Waals surface area contributed by atoms with Gasteiger partial charge in [0.05, 0.1) is 18.0 Å². The number of aryl methyl sites for hydroxylation is 2. The molecule has 7 aromatic carbocycles. The van der Waals surface area contributed by atoms with Crippen molar-refractivity contribution in [1.29, 1.82) is 0 Å². The van der Waals surface area contributed by atoms with Crippen LogP contribution in [0.3, 0.4) is 0 Å². The van der Waals surface area contributed by atoms with Gasteiger partial charge in [-0.1, -0.05) is 126 Å². The molecule has 0 saturated carbocycles. The summed E-state index contributed by atoms with van der Waals surface area (Å²) in [4.78, 5) is 12.2. The Morgan fingerprint density at radius 3 is 2.03 bits per heavy atom. The van der Waals surface area contributed by atoms with Gasteiger partial charge in [0.25, 0.3) is 0 Å². The van der Waals surface area contributed by atoms with Crippen molar-refractivity contribution in [3.63, 3.8) is 0 Å². The number of hydrogen-bond donors (Lipinski definition) is 0. The smallest absolute Gasteiger partial charge is 0.358 e. The summed E-state index contributed by atoms with van der Waals surface area (Å²) in [5.41, 5.74) is 15.5. The maximum Gasteiger partial charge on any atom is 2.00 e. The zero-order chi connectivity index (χ0) is 39.3. The summed E-state index contributed by atoms with van der Waals surface area (Å²) in [6.07, 6.45) is 1.93. The van der Waals surface area contributed by atoms with Crippen LogP contribution in [0.1, 0.15) is 25.0 Å². The number of rotatable bonds is 8. The van der Waals surface area contributed by atoms with Gasteiger partial charge in [0.2, 0.25) is 0 Å². The molecule has 0 N–H and O–H groups in total. The second kappa shape index (κ2) is 15.7. The molecule has 0 fully saturated rings. The first-order valence-corrected chi connectivity index (χ1v) is 20.0. The van der Waals surface area contributed by atoms with Crippen LogP contribution in [0.25, 0.3) is 49.9 Å². The van der Waals surface area contributed by atoms with E-state index in [2.05, 4.69) is 223 Å². The van der Waals surface area contributed by atoms with Crippen LogP contribution in [0, 0.1) is 26.0 Å². The van der Waals surface area contributed by atoms with E-state index in [0.29, 0.717) is 6.04 Å². The average Bonchev–Trinajstić information content (AvgIpc) is 3.82. The third-order valence-electron chi connectivity index (χ3n) is 11.5. The molecule has 0 bridgehead atoms. The summed E-state index contributed by atoms with van der Waals surface area (Å²) >= 11 is 0. The normalized spacial score (nSPS) is 12.3. The second-order valence-electron chi connectivity index (χ2n) is 15.4. The summed E-state index contributed by atoms with van der Waals surface area (Å²) in [6, 6.07) is 66.5. The van der Waals surface area contributed by atoms with Gasteiger partial charge in [-0.05, 0) is 96.8 Å². The zero-order valence-corrected chi connectivity index (χ0v) is 35.8. The molecule has 2 aromatic heterocycles. The van der Waals surface area contributed by atoms with Crippen LogP contribution < -0.4 is 14.7 Å². The summed E-state index contributed by atoms with van der Waals surface area (Å²) in [6.45, 7) is 9.65. The SMILES string of the molecule is Cc1cccc(C)c1N(c1[c-]c(N2CN(C(C)C)c3ccccc32)ccc1)c1[c-]c2c(cc1)c1ccccc1n2-c1cc(-c2ccccc2-c2ccccc2)ccn1.[Pt+2]. The average molecular weight is 945 g/mol. The summed E-state index contributed by atoms with van der Waals surface area (Å²) in [7, 11) is 0. The first-order valence-electron chi connectivity index (χ1n) is 20.0. The number of nitrogens with zero attached hydrogens (tertiary/aromatic N) is 5. The van der Waals surface area contributed by atoms with Gasteiger partial charge in [-0.25, -0.2) is 4.98 Å². The van der Waals surface area contributed by atoms with Gasteiger partial charge in [0.15, 0.2) is 0 Å². The molecule has 0 saturated heterocycles. The van der Waals surface area contributed by atoms with E-state index in [-0.39, 0.29) is 21.1 Å². The van der Waals surface area contributed by atoms with Crippen molar-refractivity contribution in [3.8, 4) is 28.1 Å². The van der Waals surface area contributed by atoms with Gasteiger partial charge >= 0.3 is 21.1 Å². The van der Waals surface area contributed by atoms with Crippen LogP contribution in [0.2, 0.25) is 0 Å². The fourth-order valence-corrected chi connectivity index (χ4v) is 8.71. The van der Waals surface area contributed by atoms with Crippen molar-refractivity contribution in [2.24, 2.45) is 0 Å². The van der Waals surface area contributed by atoms with E-state index < -0.39 is 0 Å². The molecule has 0 unspecified atom stereocenters. The third kappa shape index (κ3) is 6.70. The van der Waals surface area contributed by atoms with Crippen LogP contribution in [-0.2, 0) is 21.1 Å². The molecule has 0 atom stereocenters. The molecule has 6 heteroatoms. The summed E-state index contributed by atoms with van der Waals surface area (Å²) < 4.78 is 2.27. The van der Waals surface area contributed by atoms with Crippen LogP contribution in [0.4, 0.5) is 34.1 Å². The molecule has 0 spiro atoms. The number of benzene rings is 7. The van der Waals surface area contributed by atoms with E-state index in [9.17, 15) is 0 Å². The fourth-order valence-electron chi connectivity index (χ4n) is 8.71. The molecule has 0 radical (unpaired) electrons. The Hall–Kier alpha value is -6.42. The monoisotopic (exact) mass is 944 g/mol. The molecule has 10 rings (SSSR count). The molecule has 290 valence electrons. The minimum atomic E-state index is 0. The van der Waals surface area contributed by atoms with Crippen molar-refractivity contribution in [3.05, 3.63) is 193 Å². The Balaban J connectivity index is 0.00000449. The van der Waals surface area contributed by atoms with Crippen LogP contribution >= 0.6 is 0 Å². The first kappa shape index (κ1) is 38.1. The van der Waals surface area contributed by atoms with Gasteiger partial charge < -0.3 is 19.3 Å². The van der Waals surface area contributed by atoms with Gasteiger partial charge in [-0.3, -0.25) is 0 Å². The molecule has 1 aliphatic heterocycles. The van der Waals surface area contributed by atoms with Crippen LogP contribution in [0.15, 0.2) is 170 Å². The van der Waals surface area contributed by atoms with Gasteiger partial charge in [-0.15, -0.1) is 35.7 Å². The Morgan fingerprint density at radius 2 is 1.25 bits per heavy atom. The number of para-hydroxylation sites is 4. The predicted molar refractivity (Wildman–Crippen MR) is 242 cm³/mol. The van der Waals surface area contributed by atoms with Crippen molar-refractivity contribution in [1.82, 2.24) is 9.55 Å². The minimum Gasteiger partial charge on any atom is -0.358 e. The van der Waals surface area contributed by atoms with Crippen LogP contribution in [0.5, 0.6) is 0 Å². The van der Waals surface area contributed by atoms with Gasteiger partial charge in [-0.2, -0.15) is 12.1 Å². The molecule has 5 nitrogen and oxygen atoms in total. The number of pyridine rings is 1. The Bertz CT molecular complexity index is 2950. The van der Waals surface area contributed by atoms with E-state index >= 15 is 0 Å². The first-order chi connectivity index (χ1) is 28.4. The van der Waals surface area contributed by atoms with E-state index in [0.717, 1.165) is 68.2 Å². The van der Waals surface area contributed by atoms with E-state index in [1.807, 2.05) is 6.20 Å². The fraction of sp³-hybridized carbons (Fsp3) is 0.113. The van der Waals surface area contributed by atoms with E-state index in [1.165, 1.54) is 33.6 Å². The number of aromatic nitrogens is 2. The quantitative estimate of drug-likeness (QED) is 0.142. The van der Waals surface area contributed by atoms with Crippen molar-refractivity contribution >= 4 is 55.9 Å². The maximum absolute atomic E-state index is 5.04. The molecule has 59 heavy (non-hydrogen) atoms. The predicted octanol–water partition coefficient (Wildman–Crippen LogP) is 13.5. The zero-order valence-electron chi connectivity index (χ0n) is 33.5. The minimum absolute atomic E-state index is 0. The van der Waals surface area contributed by atoms with Gasteiger partial charge in [0, 0.05) is 23.4 Å². The molecular formula is C53H43N5Pt. The summed E-state index contributed by atoms with van der Waals surface area (Å²) in [5.74, 6) is 0.842. The topological polar surface area (TPSA) is 27.5 Å². The van der Waals surface area contributed by atoms with Gasteiger partial charge in [0.1, 0.15) is 5.82 Å². The molecule has 3 heterocycles. The molecular weight excluding hydrogens is 902 g/mol. The Labute approximate surface area is 361 Å². The van der Waals surface area contributed by atoms with E-state index in [4.69, 9.17) is 4.98 Å². The standard InChI is InChI=1S/C53H43N5.Pt/c1-36(2)55-35-56(50-27-13-12-26-49(50)55)41-20-15-21-42(33-41)57(53-37(3)16-14-17-38(53)4)43-28-29-47-46-24-10-11-25-48(46)58(51(47)34-43)52-32-40(30-31-54-52)45-23-9-8-22-44(45)39-18-6-5-7-19-39;/h5-32,36H,35H2,1-4H3;/q-2;+2. The third-order valence-corrected chi connectivity index (χ3v) is 11.5. The Morgan fingerprint density at radius 1 is 0.593 bits per heavy atom. The van der Waals surface area contributed by atoms with Crippen molar-refractivity contribution in [2.75, 3.05) is 21.4 Å². The number of anilines is 6. The number of hydrogen-bond acceptors (Lipinski definition) is 4. The second-order valence-corrected chi connectivity index (χ2v) is 15.4. The molecule has 9 aromatic rings. The largest absolute Gasteiger partial charge is 2.00 e. The Kier molecular flexibility index (Phi) is 10.2. The maximum atomic E-state index is 5.04. The number of fused-ring (bicyclic) bond motifs is 4. The van der Waals surface area contributed by atoms with E-state index in [1.54, 1.807) is 0 Å². The summed E-state index contributed by atoms with van der Waals surface area (Å²) in [5, 5.41) is 2.28.